The van der Waals surface area contributed by atoms with Gasteiger partial charge in [-0.15, -0.1) is 0 Å². The Bertz CT molecular complexity index is 470. The molecule has 0 aliphatic carbocycles. The summed E-state index contributed by atoms with van der Waals surface area (Å²) in [6, 6.07) is 8.03. The van der Waals surface area contributed by atoms with Crippen LogP contribution in [0.4, 0.5) is 0 Å². The summed E-state index contributed by atoms with van der Waals surface area (Å²) in [6.07, 6.45) is 6.41. The Morgan fingerprint density at radius 2 is 2.14 bits per heavy atom. The molecule has 1 unspecified atom stereocenters. The maximum absolute atomic E-state index is 11.1. The van der Waals surface area contributed by atoms with Crippen LogP contribution in [0.15, 0.2) is 24.3 Å². The molecule has 0 spiro atoms. The summed E-state index contributed by atoms with van der Waals surface area (Å²) < 4.78 is 0. The van der Waals surface area contributed by atoms with Crippen LogP contribution >= 0.6 is 0 Å². The molecule has 116 valence electrons. The molecule has 0 aromatic heterocycles. The second kappa shape index (κ2) is 7.60. The van der Waals surface area contributed by atoms with Crippen LogP contribution in [0.2, 0.25) is 0 Å². The third-order valence-electron chi connectivity index (χ3n) is 4.30. The zero-order chi connectivity index (χ0) is 15.2. The Balaban J connectivity index is 2.10. The normalized spacial score (nSPS) is 20.4. The quantitative estimate of drug-likeness (QED) is 0.884. The first-order chi connectivity index (χ1) is 10.1. The molecule has 0 amide bonds. The van der Waals surface area contributed by atoms with Gasteiger partial charge >= 0.3 is 5.97 Å². The summed E-state index contributed by atoms with van der Waals surface area (Å²) in [7, 11) is 0. The standard InChI is InChI=1S/C18H27NO2/c1-14(2)11-17-9-4-3-5-10-19(17)13-15-7-6-8-16(12-15)18(20)21/h6-8,12,14,17H,3-5,9-11,13H2,1-2H3,(H,20,21). The van der Waals surface area contributed by atoms with E-state index >= 15 is 0 Å². The summed E-state index contributed by atoms with van der Waals surface area (Å²) in [6.45, 7) is 6.58. The first kappa shape index (κ1) is 16.0. The van der Waals surface area contributed by atoms with Gasteiger partial charge in [-0.2, -0.15) is 0 Å². The molecule has 1 aromatic rings. The predicted molar refractivity (Wildman–Crippen MR) is 85.5 cm³/mol. The van der Waals surface area contributed by atoms with E-state index in [1.54, 1.807) is 6.07 Å². The van der Waals surface area contributed by atoms with E-state index in [1.165, 1.54) is 32.1 Å². The minimum absolute atomic E-state index is 0.391. The minimum Gasteiger partial charge on any atom is -0.478 e. The lowest BCUT2D eigenvalue weighted by Gasteiger charge is -2.31. The summed E-state index contributed by atoms with van der Waals surface area (Å²) in [5, 5.41) is 9.12. The summed E-state index contributed by atoms with van der Waals surface area (Å²) in [4.78, 5) is 13.7. The van der Waals surface area contributed by atoms with Crippen LogP contribution in [0.3, 0.4) is 0 Å². The van der Waals surface area contributed by atoms with Crippen LogP contribution in [0.25, 0.3) is 0 Å². The van der Waals surface area contributed by atoms with Crippen molar-refractivity contribution in [1.29, 1.82) is 0 Å². The average Bonchev–Trinajstić information content (AvgIpc) is 2.64. The molecule has 1 N–H and O–H groups in total. The van der Waals surface area contributed by atoms with Crippen molar-refractivity contribution in [1.82, 2.24) is 4.90 Å². The number of carbonyl (C=O) groups is 1. The van der Waals surface area contributed by atoms with Crippen LogP contribution in [0.1, 0.15) is 61.9 Å². The topological polar surface area (TPSA) is 40.5 Å². The van der Waals surface area contributed by atoms with E-state index in [0.29, 0.717) is 17.5 Å². The molecule has 1 fully saturated rings. The van der Waals surface area contributed by atoms with E-state index in [-0.39, 0.29) is 0 Å². The van der Waals surface area contributed by atoms with Gasteiger partial charge in [-0.25, -0.2) is 4.79 Å². The SMILES string of the molecule is CC(C)CC1CCCCCN1Cc1cccc(C(=O)O)c1. The number of hydrogen-bond donors (Lipinski definition) is 1. The van der Waals surface area contributed by atoms with E-state index in [1.807, 2.05) is 18.2 Å². The molecule has 1 heterocycles. The fraction of sp³-hybridized carbons (Fsp3) is 0.611. The van der Waals surface area contributed by atoms with Gasteiger partial charge in [0.1, 0.15) is 0 Å². The first-order valence-corrected chi connectivity index (χ1v) is 8.12. The summed E-state index contributed by atoms with van der Waals surface area (Å²) in [5.41, 5.74) is 1.51. The number of benzene rings is 1. The van der Waals surface area contributed by atoms with Gasteiger partial charge < -0.3 is 5.11 Å². The van der Waals surface area contributed by atoms with Gasteiger partial charge in [0.25, 0.3) is 0 Å². The highest BCUT2D eigenvalue weighted by atomic mass is 16.4. The number of hydrogen-bond acceptors (Lipinski definition) is 2. The van der Waals surface area contributed by atoms with E-state index in [2.05, 4.69) is 18.7 Å². The van der Waals surface area contributed by atoms with E-state index in [9.17, 15) is 4.79 Å². The Hall–Kier alpha value is -1.35. The predicted octanol–water partition coefficient (Wildman–Crippen LogP) is 4.18. The van der Waals surface area contributed by atoms with Crippen LogP contribution in [0, 0.1) is 5.92 Å². The fourth-order valence-electron chi connectivity index (χ4n) is 3.29. The lowest BCUT2D eigenvalue weighted by molar-refractivity contribution is 0.0696. The maximum Gasteiger partial charge on any atom is 0.335 e. The molecule has 1 aliphatic rings. The molecular weight excluding hydrogens is 262 g/mol. The van der Waals surface area contributed by atoms with Crippen molar-refractivity contribution in [3.05, 3.63) is 35.4 Å². The minimum atomic E-state index is -0.841. The first-order valence-electron chi connectivity index (χ1n) is 8.12. The van der Waals surface area contributed by atoms with Crippen molar-refractivity contribution < 1.29 is 9.90 Å². The molecule has 3 nitrogen and oxygen atoms in total. The highest BCUT2D eigenvalue weighted by Crippen LogP contribution is 2.24. The highest BCUT2D eigenvalue weighted by Gasteiger charge is 2.22. The largest absolute Gasteiger partial charge is 0.478 e. The molecule has 1 atom stereocenters. The van der Waals surface area contributed by atoms with E-state index in [0.717, 1.165) is 18.7 Å². The highest BCUT2D eigenvalue weighted by molar-refractivity contribution is 5.87. The Morgan fingerprint density at radius 1 is 1.33 bits per heavy atom. The molecule has 21 heavy (non-hydrogen) atoms. The van der Waals surface area contributed by atoms with Gasteiger partial charge in [-0.05, 0) is 49.4 Å². The second-order valence-electron chi connectivity index (χ2n) is 6.61. The lowest BCUT2D eigenvalue weighted by atomic mass is 9.98. The molecule has 1 aromatic carbocycles. The van der Waals surface area contributed by atoms with Gasteiger partial charge in [-0.1, -0.05) is 38.8 Å². The van der Waals surface area contributed by atoms with Crippen LogP contribution in [-0.4, -0.2) is 28.6 Å². The molecule has 3 heteroatoms. The smallest absolute Gasteiger partial charge is 0.335 e. The van der Waals surface area contributed by atoms with Crippen molar-refractivity contribution in [3.63, 3.8) is 0 Å². The zero-order valence-electron chi connectivity index (χ0n) is 13.2. The van der Waals surface area contributed by atoms with E-state index < -0.39 is 5.97 Å². The van der Waals surface area contributed by atoms with Gasteiger partial charge in [0.2, 0.25) is 0 Å². The number of rotatable bonds is 5. The molecule has 0 radical (unpaired) electrons. The lowest BCUT2D eigenvalue weighted by Crippen LogP contribution is -2.35. The number of aromatic carboxylic acids is 1. The molecule has 0 bridgehead atoms. The number of nitrogens with zero attached hydrogens (tertiary/aromatic N) is 1. The number of likely N-dealkylation sites (tertiary alicyclic amines) is 1. The molecule has 1 aliphatic heterocycles. The van der Waals surface area contributed by atoms with Crippen LogP contribution in [0.5, 0.6) is 0 Å². The molecule has 2 rings (SSSR count). The Kier molecular flexibility index (Phi) is 5.80. The van der Waals surface area contributed by atoms with Gasteiger partial charge in [-0.3, -0.25) is 4.90 Å². The molecular formula is C18H27NO2. The second-order valence-corrected chi connectivity index (χ2v) is 6.61. The fourth-order valence-corrected chi connectivity index (χ4v) is 3.29. The molecule has 1 saturated heterocycles. The van der Waals surface area contributed by atoms with Gasteiger partial charge in [0.15, 0.2) is 0 Å². The van der Waals surface area contributed by atoms with Crippen LogP contribution < -0.4 is 0 Å². The third kappa shape index (κ3) is 4.85. The van der Waals surface area contributed by atoms with Crippen molar-refractivity contribution in [2.45, 2.75) is 58.5 Å². The Morgan fingerprint density at radius 3 is 2.86 bits per heavy atom. The summed E-state index contributed by atoms with van der Waals surface area (Å²) >= 11 is 0. The van der Waals surface area contributed by atoms with E-state index in [4.69, 9.17) is 5.11 Å². The van der Waals surface area contributed by atoms with Crippen molar-refractivity contribution in [3.8, 4) is 0 Å². The van der Waals surface area contributed by atoms with Gasteiger partial charge in [0, 0.05) is 12.6 Å². The van der Waals surface area contributed by atoms with Crippen LogP contribution in [-0.2, 0) is 6.54 Å². The molecule has 0 saturated carbocycles. The Labute approximate surface area is 128 Å². The summed E-state index contributed by atoms with van der Waals surface area (Å²) in [5.74, 6) is -0.132. The zero-order valence-corrected chi connectivity index (χ0v) is 13.2. The number of carboxylic acid groups (broad SMARTS) is 1. The monoisotopic (exact) mass is 289 g/mol. The average molecular weight is 289 g/mol. The van der Waals surface area contributed by atoms with Crippen molar-refractivity contribution >= 4 is 5.97 Å². The van der Waals surface area contributed by atoms with Gasteiger partial charge in [0.05, 0.1) is 5.56 Å². The van der Waals surface area contributed by atoms with Crippen molar-refractivity contribution in [2.75, 3.05) is 6.54 Å². The maximum atomic E-state index is 11.1. The number of carboxylic acids is 1. The third-order valence-corrected chi connectivity index (χ3v) is 4.30. The van der Waals surface area contributed by atoms with Crippen molar-refractivity contribution in [2.24, 2.45) is 5.92 Å².